The van der Waals surface area contributed by atoms with E-state index in [0.717, 1.165) is 10.5 Å². The van der Waals surface area contributed by atoms with E-state index < -0.39 is 20.7 Å². The first-order valence-corrected chi connectivity index (χ1v) is 9.25. The van der Waals surface area contributed by atoms with Crippen molar-refractivity contribution in [2.24, 2.45) is 3.77 Å². The van der Waals surface area contributed by atoms with Gasteiger partial charge in [-0.2, -0.15) is 8.42 Å². The van der Waals surface area contributed by atoms with Crippen molar-refractivity contribution in [1.82, 2.24) is 0 Å². The van der Waals surface area contributed by atoms with Gasteiger partial charge in [0.1, 0.15) is 0 Å². The molecule has 0 aliphatic rings. The topological polar surface area (TPSA) is 46.5 Å². The van der Waals surface area contributed by atoms with Crippen LogP contribution in [0, 0.1) is 6.92 Å². The van der Waals surface area contributed by atoms with Gasteiger partial charge in [-0.3, -0.25) is 0 Å². The molecule has 2 rings (SSSR count). The van der Waals surface area contributed by atoms with Gasteiger partial charge >= 0.3 is 0 Å². The van der Waals surface area contributed by atoms with E-state index in [1.54, 1.807) is 54.8 Å². The third kappa shape index (κ3) is 3.69. The van der Waals surface area contributed by atoms with E-state index in [-0.39, 0.29) is 4.90 Å². The minimum Gasteiger partial charge on any atom is -0.199 e. The predicted octanol–water partition coefficient (Wildman–Crippen LogP) is 3.83. The van der Waals surface area contributed by atoms with Gasteiger partial charge in [0.25, 0.3) is 10.0 Å². The molecule has 0 radical (unpaired) electrons. The normalized spacial score (nSPS) is 13.3. The summed E-state index contributed by atoms with van der Waals surface area (Å²) in [5.41, 5.74) is 1.01. The van der Waals surface area contributed by atoms with Crippen LogP contribution in [0.15, 0.2) is 62.1 Å². The minimum absolute atomic E-state index is 0.219. The van der Waals surface area contributed by atoms with Gasteiger partial charge in [-0.1, -0.05) is 40.0 Å². The molecule has 6 heteroatoms. The number of sulfonamides is 1. The Morgan fingerprint density at radius 1 is 1.00 bits per heavy atom. The number of aryl methyl sites for hydroxylation is 1. The molecule has 2 aromatic rings. The molecule has 0 amide bonds. The maximum Gasteiger partial charge on any atom is 0.288 e. The van der Waals surface area contributed by atoms with Crippen LogP contribution in [0.4, 0.5) is 0 Å². The molecule has 0 aliphatic heterocycles. The first kappa shape index (κ1) is 15.2. The molecular weight excluding hydrogens is 314 g/mol. The van der Waals surface area contributed by atoms with Gasteiger partial charge in [0.05, 0.1) is 4.90 Å². The third-order valence-electron chi connectivity index (χ3n) is 2.68. The molecule has 1 atom stereocenters. The number of rotatable bonds is 3. The van der Waals surface area contributed by atoms with Gasteiger partial charge in [-0.25, -0.2) is 0 Å². The summed E-state index contributed by atoms with van der Waals surface area (Å²) in [6.45, 7) is 1.91. The fourth-order valence-corrected chi connectivity index (χ4v) is 4.58. The zero-order chi connectivity index (χ0) is 14.8. The fourth-order valence-electron chi connectivity index (χ4n) is 1.58. The van der Waals surface area contributed by atoms with Gasteiger partial charge in [-0.05, 0) is 49.6 Å². The Morgan fingerprint density at radius 2 is 1.55 bits per heavy atom. The van der Waals surface area contributed by atoms with Crippen LogP contribution in [0.1, 0.15) is 5.56 Å². The molecule has 0 fully saturated rings. The van der Waals surface area contributed by atoms with Crippen molar-refractivity contribution in [3.05, 3.63) is 59.1 Å². The zero-order valence-electron chi connectivity index (χ0n) is 11.1. The van der Waals surface area contributed by atoms with Crippen LogP contribution in [0.25, 0.3) is 0 Å². The molecule has 2 aromatic carbocycles. The average Bonchev–Trinajstić information content (AvgIpc) is 2.39. The summed E-state index contributed by atoms with van der Waals surface area (Å²) in [5.74, 6) is 0. The molecule has 0 aromatic heterocycles. The molecular formula is C14H14ClNO2S2. The minimum atomic E-state index is -3.63. The van der Waals surface area contributed by atoms with Crippen molar-refractivity contribution < 1.29 is 8.42 Å². The molecule has 1 unspecified atom stereocenters. The Labute approximate surface area is 126 Å². The number of hydrogen-bond acceptors (Lipinski definition) is 2. The van der Waals surface area contributed by atoms with Crippen LogP contribution < -0.4 is 0 Å². The number of hydrogen-bond donors (Lipinski definition) is 0. The highest BCUT2D eigenvalue weighted by Gasteiger charge is 2.13. The summed E-state index contributed by atoms with van der Waals surface area (Å²) in [7, 11) is -4.37. The first-order chi connectivity index (χ1) is 9.38. The molecule has 106 valence electrons. The van der Waals surface area contributed by atoms with E-state index in [2.05, 4.69) is 3.77 Å². The second-order valence-electron chi connectivity index (χ2n) is 4.29. The van der Waals surface area contributed by atoms with Crippen molar-refractivity contribution in [2.45, 2.75) is 16.7 Å². The second kappa shape index (κ2) is 6.08. The first-order valence-electron chi connectivity index (χ1n) is 5.85. The SMILES string of the molecule is Cc1ccc(S(=O)(=O)/N=S(/C)c2ccc(Cl)cc2)cc1. The van der Waals surface area contributed by atoms with Gasteiger partial charge in [-0.15, -0.1) is 3.77 Å². The van der Waals surface area contributed by atoms with E-state index in [0.29, 0.717) is 5.02 Å². The van der Waals surface area contributed by atoms with Crippen LogP contribution in [-0.2, 0) is 20.7 Å². The molecule has 0 N–H and O–H groups in total. The standard InChI is InChI=1S/C14H14ClNO2S2/c1-11-3-9-14(10-4-11)20(17,18)16-19(2)13-7-5-12(15)6-8-13/h3-10H,1-2H3. The fraction of sp³-hybridized carbons (Fsp3) is 0.143. The lowest BCUT2D eigenvalue weighted by atomic mass is 10.2. The summed E-state index contributed by atoms with van der Waals surface area (Å²) in [4.78, 5) is 1.06. The Morgan fingerprint density at radius 3 is 2.10 bits per heavy atom. The Kier molecular flexibility index (Phi) is 4.62. The highest BCUT2D eigenvalue weighted by atomic mass is 35.5. The Balaban J connectivity index is 2.37. The molecule has 20 heavy (non-hydrogen) atoms. The molecule has 0 heterocycles. The summed E-state index contributed by atoms with van der Waals surface area (Å²) in [6, 6.07) is 13.7. The lowest BCUT2D eigenvalue weighted by Crippen LogP contribution is -2.00. The van der Waals surface area contributed by atoms with E-state index in [4.69, 9.17) is 11.6 Å². The van der Waals surface area contributed by atoms with E-state index >= 15 is 0 Å². The van der Waals surface area contributed by atoms with Crippen molar-refractivity contribution in [3.8, 4) is 0 Å². The molecule has 0 saturated carbocycles. The molecule has 0 bridgehead atoms. The van der Waals surface area contributed by atoms with Gasteiger partial charge in [0, 0.05) is 9.92 Å². The lowest BCUT2D eigenvalue weighted by Gasteiger charge is -2.04. The van der Waals surface area contributed by atoms with Crippen LogP contribution in [-0.4, -0.2) is 14.7 Å². The summed E-state index contributed by atoms with van der Waals surface area (Å²) < 4.78 is 28.4. The van der Waals surface area contributed by atoms with Gasteiger partial charge in [0.15, 0.2) is 0 Å². The van der Waals surface area contributed by atoms with Crippen molar-refractivity contribution in [1.29, 1.82) is 0 Å². The van der Waals surface area contributed by atoms with Gasteiger partial charge < -0.3 is 0 Å². The van der Waals surface area contributed by atoms with Crippen LogP contribution >= 0.6 is 11.6 Å². The van der Waals surface area contributed by atoms with Crippen molar-refractivity contribution in [2.75, 3.05) is 6.26 Å². The maximum atomic E-state index is 12.2. The third-order valence-corrected chi connectivity index (χ3v) is 6.44. The van der Waals surface area contributed by atoms with Gasteiger partial charge in [0.2, 0.25) is 0 Å². The highest BCUT2D eigenvalue weighted by molar-refractivity contribution is 7.99. The summed E-state index contributed by atoms with van der Waals surface area (Å²) >= 11 is 5.81. The summed E-state index contributed by atoms with van der Waals surface area (Å²) in [5, 5.41) is 0.618. The quantitative estimate of drug-likeness (QED) is 0.860. The predicted molar refractivity (Wildman–Crippen MR) is 83.8 cm³/mol. The maximum absolute atomic E-state index is 12.2. The summed E-state index contributed by atoms with van der Waals surface area (Å²) in [6.07, 6.45) is 1.77. The lowest BCUT2D eigenvalue weighted by molar-refractivity contribution is 0.598. The molecule has 0 saturated heterocycles. The van der Waals surface area contributed by atoms with E-state index in [1.165, 1.54) is 0 Å². The average molecular weight is 328 g/mol. The Hall–Kier alpha value is -1.17. The Bertz CT molecular complexity index is 736. The van der Waals surface area contributed by atoms with Crippen LogP contribution in [0.3, 0.4) is 0 Å². The van der Waals surface area contributed by atoms with Crippen molar-refractivity contribution in [3.63, 3.8) is 0 Å². The van der Waals surface area contributed by atoms with Crippen LogP contribution in [0.2, 0.25) is 5.02 Å². The molecule has 0 spiro atoms. The largest absolute Gasteiger partial charge is 0.288 e. The molecule has 0 aliphatic carbocycles. The highest BCUT2D eigenvalue weighted by Crippen LogP contribution is 2.18. The van der Waals surface area contributed by atoms with E-state index in [9.17, 15) is 8.42 Å². The number of halogens is 1. The number of benzene rings is 2. The smallest absolute Gasteiger partial charge is 0.199 e. The number of nitrogens with zero attached hydrogens (tertiary/aromatic N) is 1. The second-order valence-corrected chi connectivity index (χ2v) is 8.18. The monoisotopic (exact) mass is 327 g/mol. The molecule has 3 nitrogen and oxygen atoms in total. The zero-order valence-corrected chi connectivity index (χ0v) is 13.5. The van der Waals surface area contributed by atoms with Crippen LogP contribution in [0.5, 0.6) is 0 Å². The van der Waals surface area contributed by atoms with Crippen molar-refractivity contribution >= 4 is 32.3 Å². The van der Waals surface area contributed by atoms with E-state index in [1.807, 2.05) is 6.92 Å².